The zero-order valence-electron chi connectivity index (χ0n) is 18.0. The summed E-state index contributed by atoms with van der Waals surface area (Å²) in [5.74, 6) is 1.28. The Balaban J connectivity index is 1.73. The van der Waals surface area contributed by atoms with Gasteiger partial charge in [-0.25, -0.2) is 5.01 Å². The third kappa shape index (κ3) is 4.14. The van der Waals surface area contributed by atoms with E-state index in [1.807, 2.05) is 49.8 Å². The van der Waals surface area contributed by atoms with Crippen LogP contribution in [-0.2, 0) is 0 Å². The molecule has 1 atom stereocenters. The second-order valence-electron chi connectivity index (χ2n) is 7.45. The maximum atomic E-state index is 13.3. The van der Waals surface area contributed by atoms with Gasteiger partial charge in [0, 0.05) is 37.8 Å². The maximum absolute atomic E-state index is 13.3. The van der Waals surface area contributed by atoms with Crippen LogP contribution < -0.4 is 14.4 Å². The fourth-order valence-electron chi connectivity index (χ4n) is 3.66. The van der Waals surface area contributed by atoms with Gasteiger partial charge >= 0.3 is 0 Å². The van der Waals surface area contributed by atoms with Gasteiger partial charge in [0.05, 0.1) is 30.9 Å². The third-order valence-corrected chi connectivity index (χ3v) is 6.22. The van der Waals surface area contributed by atoms with E-state index in [2.05, 4.69) is 29.2 Å². The van der Waals surface area contributed by atoms with E-state index in [9.17, 15) is 4.79 Å². The van der Waals surface area contributed by atoms with E-state index in [0.717, 1.165) is 22.5 Å². The summed E-state index contributed by atoms with van der Waals surface area (Å²) in [5.41, 5.74) is 3.82. The molecule has 4 rings (SSSR count). The Morgan fingerprint density at radius 2 is 1.87 bits per heavy atom. The molecule has 7 heteroatoms. The lowest BCUT2D eigenvalue weighted by Crippen LogP contribution is -2.26. The number of thiophene rings is 1. The zero-order chi connectivity index (χ0) is 22.0. The van der Waals surface area contributed by atoms with Gasteiger partial charge in [-0.05, 0) is 41.3 Å². The number of rotatable bonds is 6. The Hall–Kier alpha value is -3.32. The number of hydrazone groups is 1. The molecule has 0 bridgehead atoms. The van der Waals surface area contributed by atoms with Crippen molar-refractivity contribution in [2.45, 2.75) is 12.5 Å². The number of benzene rings is 2. The number of ether oxygens (including phenoxy) is 2. The second kappa shape index (κ2) is 8.81. The molecule has 160 valence electrons. The molecule has 0 saturated heterocycles. The van der Waals surface area contributed by atoms with Gasteiger partial charge in [-0.3, -0.25) is 4.79 Å². The molecule has 0 aliphatic carbocycles. The molecule has 0 radical (unpaired) electrons. The smallest absolute Gasteiger partial charge is 0.284 e. The number of nitrogens with zero attached hydrogens (tertiary/aromatic N) is 3. The first kappa shape index (κ1) is 20.9. The predicted octanol–water partition coefficient (Wildman–Crippen LogP) is 4.82. The van der Waals surface area contributed by atoms with Crippen molar-refractivity contribution >= 4 is 28.6 Å². The minimum atomic E-state index is -0.187. The zero-order valence-corrected chi connectivity index (χ0v) is 18.8. The van der Waals surface area contributed by atoms with E-state index < -0.39 is 0 Å². The predicted molar refractivity (Wildman–Crippen MR) is 125 cm³/mol. The highest BCUT2D eigenvalue weighted by atomic mass is 32.1. The van der Waals surface area contributed by atoms with E-state index in [-0.39, 0.29) is 11.9 Å². The number of anilines is 1. The van der Waals surface area contributed by atoms with Crippen molar-refractivity contribution in [2.75, 3.05) is 33.2 Å². The van der Waals surface area contributed by atoms with Crippen LogP contribution in [-0.4, -0.2) is 44.9 Å². The fourth-order valence-corrected chi connectivity index (χ4v) is 4.32. The van der Waals surface area contributed by atoms with Gasteiger partial charge in [0.15, 0.2) is 0 Å². The summed E-state index contributed by atoms with van der Waals surface area (Å²) in [6.45, 7) is 0. The van der Waals surface area contributed by atoms with Crippen molar-refractivity contribution in [3.63, 3.8) is 0 Å². The lowest BCUT2D eigenvalue weighted by atomic mass is 9.97. The van der Waals surface area contributed by atoms with Gasteiger partial charge in [-0.2, -0.15) is 5.10 Å². The SMILES string of the molecule is COc1ccc(C2=NN(C(=O)c3cccs3)C(c3ccc(N(C)C)cc3)C2)c(OC)c1. The fraction of sp³-hybridized carbons (Fsp3) is 0.250. The quantitative estimate of drug-likeness (QED) is 0.557. The lowest BCUT2D eigenvalue weighted by Gasteiger charge is -2.22. The highest BCUT2D eigenvalue weighted by Crippen LogP contribution is 2.37. The summed E-state index contributed by atoms with van der Waals surface area (Å²) in [5, 5.41) is 8.28. The number of hydrogen-bond donors (Lipinski definition) is 0. The Morgan fingerprint density at radius 1 is 1.10 bits per heavy atom. The van der Waals surface area contributed by atoms with Gasteiger partial charge in [0.25, 0.3) is 5.91 Å². The number of methoxy groups -OCH3 is 2. The maximum Gasteiger partial charge on any atom is 0.284 e. The molecule has 3 aromatic rings. The molecule has 2 heterocycles. The van der Waals surface area contributed by atoms with E-state index in [1.54, 1.807) is 19.2 Å². The average molecular weight is 436 g/mol. The van der Waals surface area contributed by atoms with E-state index >= 15 is 0 Å². The monoisotopic (exact) mass is 435 g/mol. The molecule has 1 aliphatic rings. The molecule has 1 amide bonds. The van der Waals surface area contributed by atoms with Crippen LogP contribution in [0.2, 0.25) is 0 Å². The van der Waals surface area contributed by atoms with Crippen LogP contribution in [0, 0.1) is 0 Å². The van der Waals surface area contributed by atoms with Gasteiger partial charge in [0.1, 0.15) is 11.5 Å². The Kier molecular flexibility index (Phi) is 5.95. The molecule has 31 heavy (non-hydrogen) atoms. The minimum Gasteiger partial charge on any atom is -0.497 e. The standard InChI is InChI=1S/C24H25N3O3S/c1-26(2)17-9-7-16(8-10-17)21-15-20(19-12-11-18(29-3)14-22(19)30-4)25-27(21)24(28)23-6-5-13-31-23/h5-14,21H,15H2,1-4H3. The number of carbonyl (C=O) groups is 1. The minimum absolute atomic E-state index is 0.0980. The summed E-state index contributed by atoms with van der Waals surface area (Å²) in [6.07, 6.45) is 0.598. The van der Waals surface area contributed by atoms with Crippen LogP contribution in [0.25, 0.3) is 0 Å². The third-order valence-electron chi connectivity index (χ3n) is 5.36. The van der Waals surface area contributed by atoms with Crippen LogP contribution in [0.3, 0.4) is 0 Å². The van der Waals surface area contributed by atoms with E-state index in [0.29, 0.717) is 22.8 Å². The topological polar surface area (TPSA) is 54.4 Å². The van der Waals surface area contributed by atoms with Crippen LogP contribution in [0.5, 0.6) is 11.5 Å². The summed E-state index contributed by atoms with van der Waals surface area (Å²) in [4.78, 5) is 16.0. The average Bonchev–Trinajstić information content (AvgIpc) is 3.49. The Morgan fingerprint density at radius 3 is 2.48 bits per heavy atom. The largest absolute Gasteiger partial charge is 0.497 e. The molecule has 2 aromatic carbocycles. The summed E-state index contributed by atoms with van der Waals surface area (Å²) < 4.78 is 10.9. The Bertz CT molecular complexity index is 1090. The van der Waals surface area contributed by atoms with Crippen molar-refractivity contribution in [1.29, 1.82) is 0 Å². The van der Waals surface area contributed by atoms with Crippen LogP contribution in [0.15, 0.2) is 65.1 Å². The van der Waals surface area contributed by atoms with Crippen LogP contribution in [0.4, 0.5) is 5.69 Å². The van der Waals surface area contributed by atoms with Crippen molar-refractivity contribution in [2.24, 2.45) is 5.10 Å². The van der Waals surface area contributed by atoms with Gasteiger partial charge in [-0.15, -0.1) is 11.3 Å². The highest BCUT2D eigenvalue weighted by molar-refractivity contribution is 7.12. The normalized spacial score (nSPS) is 15.5. The van der Waals surface area contributed by atoms with Crippen molar-refractivity contribution in [3.05, 3.63) is 76.0 Å². The van der Waals surface area contributed by atoms with Crippen molar-refractivity contribution < 1.29 is 14.3 Å². The van der Waals surface area contributed by atoms with Gasteiger partial charge in [0.2, 0.25) is 0 Å². The van der Waals surface area contributed by atoms with Crippen LogP contribution >= 0.6 is 11.3 Å². The number of amides is 1. The summed E-state index contributed by atoms with van der Waals surface area (Å²) >= 11 is 1.42. The van der Waals surface area contributed by atoms with Crippen molar-refractivity contribution in [3.8, 4) is 11.5 Å². The first-order valence-corrected chi connectivity index (χ1v) is 10.8. The first-order valence-electron chi connectivity index (χ1n) is 9.96. The van der Waals surface area contributed by atoms with E-state index in [4.69, 9.17) is 14.6 Å². The molecule has 0 fully saturated rings. The lowest BCUT2D eigenvalue weighted by molar-refractivity contribution is 0.0716. The molecule has 0 saturated carbocycles. The van der Waals surface area contributed by atoms with Gasteiger partial charge in [-0.1, -0.05) is 18.2 Å². The molecular formula is C24H25N3O3S. The molecule has 1 unspecified atom stereocenters. The second-order valence-corrected chi connectivity index (χ2v) is 8.39. The first-order chi connectivity index (χ1) is 15.0. The summed E-state index contributed by atoms with van der Waals surface area (Å²) in [7, 11) is 7.26. The number of hydrogen-bond acceptors (Lipinski definition) is 6. The van der Waals surface area contributed by atoms with Crippen LogP contribution in [0.1, 0.15) is 33.3 Å². The Labute approximate surface area is 186 Å². The highest BCUT2D eigenvalue weighted by Gasteiger charge is 2.35. The molecule has 6 nitrogen and oxygen atoms in total. The van der Waals surface area contributed by atoms with E-state index in [1.165, 1.54) is 11.3 Å². The molecular weight excluding hydrogens is 410 g/mol. The molecule has 0 spiro atoms. The van der Waals surface area contributed by atoms with Crippen molar-refractivity contribution in [1.82, 2.24) is 5.01 Å². The molecule has 1 aliphatic heterocycles. The number of carbonyl (C=O) groups excluding carboxylic acids is 1. The molecule has 0 N–H and O–H groups in total. The molecule has 1 aromatic heterocycles. The summed E-state index contributed by atoms with van der Waals surface area (Å²) in [6, 6.07) is 17.4. The van der Waals surface area contributed by atoms with Gasteiger partial charge < -0.3 is 14.4 Å².